The second-order valence-electron chi connectivity index (χ2n) is 7.57. The van der Waals surface area contributed by atoms with Gasteiger partial charge >= 0.3 is 0 Å². The van der Waals surface area contributed by atoms with Gasteiger partial charge in [-0.3, -0.25) is 0 Å². The highest BCUT2D eigenvalue weighted by Crippen LogP contribution is 2.38. The predicted molar refractivity (Wildman–Crippen MR) is 131 cm³/mol. The zero-order valence-corrected chi connectivity index (χ0v) is 16.5. The first-order valence-electron chi connectivity index (χ1n) is 10.1. The number of para-hydroxylation sites is 3. The highest BCUT2D eigenvalue weighted by atomic mass is 15.0. The maximum absolute atomic E-state index is 4.09. The van der Waals surface area contributed by atoms with E-state index in [2.05, 4.69) is 107 Å². The second kappa shape index (κ2) is 6.23. The zero-order chi connectivity index (χ0) is 20.2. The lowest BCUT2D eigenvalue weighted by atomic mass is 10.00. The van der Waals surface area contributed by atoms with E-state index in [0.717, 1.165) is 0 Å². The molecule has 0 aliphatic carbocycles. The lowest BCUT2D eigenvalue weighted by molar-refractivity contribution is 1.29. The summed E-state index contributed by atoms with van der Waals surface area (Å²) in [4.78, 5) is 0. The lowest BCUT2D eigenvalue weighted by Gasteiger charge is -2.08. The molecular weight excluding hydrogens is 364 g/mol. The number of hydrogen-bond donors (Lipinski definition) is 0. The monoisotopic (exact) mass is 384 g/mol. The Morgan fingerprint density at radius 3 is 1.87 bits per heavy atom. The van der Waals surface area contributed by atoms with Crippen LogP contribution in [0, 0.1) is 0 Å². The molecule has 0 spiro atoms. The summed E-state index contributed by atoms with van der Waals surface area (Å²) in [6.45, 7) is 8.11. The molecule has 2 aromatic heterocycles. The van der Waals surface area contributed by atoms with Crippen LogP contribution in [-0.4, -0.2) is 9.13 Å². The molecule has 142 valence electrons. The molecule has 0 amide bonds. The van der Waals surface area contributed by atoms with E-state index < -0.39 is 0 Å². The van der Waals surface area contributed by atoms with Crippen molar-refractivity contribution in [3.05, 3.63) is 98.1 Å². The Bertz CT molecular complexity index is 1630. The lowest BCUT2D eigenvalue weighted by Crippen LogP contribution is -1.89. The van der Waals surface area contributed by atoms with E-state index in [1.807, 2.05) is 12.4 Å². The van der Waals surface area contributed by atoms with Crippen LogP contribution >= 0.6 is 0 Å². The molecule has 0 atom stereocenters. The van der Waals surface area contributed by atoms with E-state index in [-0.39, 0.29) is 0 Å². The Kier molecular flexibility index (Phi) is 3.50. The molecule has 30 heavy (non-hydrogen) atoms. The Hall–Kier alpha value is -4.04. The topological polar surface area (TPSA) is 9.86 Å². The zero-order valence-electron chi connectivity index (χ0n) is 16.5. The smallest absolute Gasteiger partial charge is 0.0613 e. The van der Waals surface area contributed by atoms with Crippen LogP contribution in [0.5, 0.6) is 0 Å². The molecule has 2 heteroatoms. The van der Waals surface area contributed by atoms with Gasteiger partial charge in [0.1, 0.15) is 0 Å². The van der Waals surface area contributed by atoms with Gasteiger partial charge < -0.3 is 9.13 Å². The minimum absolute atomic E-state index is 1.17. The second-order valence-corrected chi connectivity index (χ2v) is 7.57. The average molecular weight is 384 g/mol. The van der Waals surface area contributed by atoms with Crippen LogP contribution in [0.25, 0.3) is 67.1 Å². The van der Waals surface area contributed by atoms with Crippen molar-refractivity contribution in [3.63, 3.8) is 0 Å². The van der Waals surface area contributed by atoms with Gasteiger partial charge in [-0.2, -0.15) is 0 Å². The van der Waals surface area contributed by atoms with Crippen LogP contribution < -0.4 is 0 Å². The molecule has 0 aliphatic heterocycles. The number of hydrogen-bond acceptors (Lipinski definition) is 0. The van der Waals surface area contributed by atoms with Crippen molar-refractivity contribution in [3.8, 4) is 11.1 Å². The first kappa shape index (κ1) is 16.9. The van der Waals surface area contributed by atoms with Gasteiger partial charge in [-0.05, 0) is 29.8 Å². The first-order chi connectivity index (χ1) is 14.8. The molecule has 0 aliphatic rings. The molecule has 0 bridgehead atoms. The molecule has 4 aromatic carbocycles. The molecule has 0 unspecified atom stereocenters. The molecule has 0 radical (unpaired) electrons. The number of rotatable bonds is 3. The van der Waals surface area contributed by atoms with E-state index in [1.54, 1.807) is 0 Å². The van der Waals surface area contributed by atoms with Crippen LogP contribution in [0.2, 0.25) is 0 Å². The van der Waals surface area contributed by atoms with Crippen LogP contribution in [0.15, 0.2) is 98.1 Å². The third kappa shape index (κ3) is 2.13. The molecule has 0 saturated carbocycles. The van der Waals surface area contributed by atoms with Gasteiger partial charge in [-0.25, -0.2) is 0 Å². The van der Waals surface area contributed by atoms with Crippen LogP contribution in [-0.2, 0) is 0 Å². The van der Waals surface area contributed by atoms with Gasteiger partial charge in [-0.15, -0.1) is 0 Å². The number of aromatic nitrogens is 2. The minimum Gasteiger partial charge on any atom is -0.317 e. The van der Waals surface area contributed by atoms with E-state index in [4.69, 9.17) is 0 Å². The molecule has 2 heterocycles. The maximum Gasteiger partial charge on any atom is 0.0613 e. The van der Waals surface area contributed by atoms with Gasteiger partial charge in [0.05, 0.1) is 22.1 Å². The highest BCUT2D eigenvalue weighted by Gasteiger charge is 2.15. The summed E-state index contributed by atoms with van der Waals surface area (Å²) in [6.07, 6.45) is 3.80. The summed E-state index contributed by atoms with van der Waals surface area (Å²) in [7, 11) is 0. The van der Waals surface area contributed by atoms with Crippen molar-refractivity contribution < 1.29 is 0 Å². The fourth-order valence-corrected chi connectivity index (χ4v) is 4.84. The maximum atomic E-state index is 4.09. The third-order valence-corrected chi connectivity index (χ3v) is 6.12. The molecule has 6 rings (SSSR count). The number of nitrogens with zero attached hydrogens (tertiary/aromatic N) is 2. The molecular formula is C28H20N2. The van der Waals surface area contributed by atoms with Crippen molar-refractivity contribution >= 4 is 56.0 Å². The first-order valence-corrected chi connectivity index (χ1v) is 10.1. The van der Waals surface area contributed by atoms with Crippen molar-refractivity contribution in [2.75, 3.05) is 0 Å². The van der Waals surface area contributed by atoms with Crippen molar-refractivity contribution in [1.82, 2.24) is 9.13 Å². The van der Waals surface area contributed by atoms with Gasteiger partial charge in [0.2, 0.25) is 0 Å². The van der Waals surface area contributed by atoms with Crippen LogP contribution in [0.4, 0.5) is 0 Å². The average Bonchev–Trinajstić information content (AvgIpc) is 3.31. The summed E-state index contributed by atoms with van der Waals surface area (Å²) >= 11 is 0. The minimum atomic E-state index is 1.17. The Balaban J connectivity index is 1.73. The Labute approximate surface area is 174 Å². The molecule has 0 fully saturated rings. The molecule has 0 saturated heterocycles. The predicted octanol–water partition coefficient (Wildman–Crippen LogP) is 7.77. The Morgan fingerprint density at radius 2 is 1.13 bits per heavy atom. The normalized spacial score (nSPS) is 11.6. The van der Waals surface area contributed by atoms with E-state index in [9.17, 15) is 0 Å². The molecule has 0 N–H and O–H groups in total. The summed E-state index contributed by atoms with van der Waals surface area (Å²) in [5.41, 5.74) is 7.14. The quantitative estimate of drug-likeness (QED) is 0.295. The van der Waals surface area contributed by atoms with E-state index >= 15 is 0 Å². The fourth-order valence-electron chi connectivity index (χ4n) is 4.84. The highest BCUT2D eigenvalue weighted by molar-refractivity contribution is 6.15. The summed E-state index contributed by atoms with van der Waals surface area (Å²) in [5, 5.41) is 4.97. The van der Waals surface area contributed by atoms with Gasteiger partial charge in [0, 0.05) is 39.5 Å². The largest absolute Gasteiger partial charge is 0.317 e. The fraction of sp³-hybridized carbons (Fsp3) is 0. The van der Waals surface area contributed by atoms with Crippen molar-refractivity contribution in [2.45, 2.75) is 0 Å². The van der Waals surface area contributed by atoms with E-state index in [0.29, 0.717) is 0 Å². The number of fused-ring (bicyclic) bond motifs is 6. The summed E-state index contributed by atoms with van der Waals surface area (Å²) < 4.78 is 4.37. The third-order valence-electron chi connectivity index (χ3n) is 6.12. The summed E-state index contributed by atoms with van der Waals surface area (Å²) in [5.74, 6) is 0. The van der Waals surface area contributed by atoms with Crippen molar-refractivity contribution in [2.24, 2.45) is 0 Å². The van der Waals surface area contributed by atoms with Gasteiger partial charge in [0.25, 0.3) is 0 Å². The SMILES string of the molecule is C=Cn1c2ccccc2c2cc(-c3cccc4c5ccccc5n(C=C)c34)ccc21. The van der Waals surface area contributed by atoms with Crippen LogP contribution in [0.3, 0.4) is 0 Å². The molecule has 2 nitrogen and oxygen atoms in total. The van der Waals surface area contributed by atoms with Crippen molar-refractivity contribution in [1.29, 1.82) is 0 Å². The standard InChI is InChI=1S/C28H20N2/c1-3-29-25-14-7-6-11-22(25)24-18-19(16-17-27(24)29)20-12-9-13-23-21-10-5-8-15-26(21)30(4-2)28(20)23/h3-18H,1-2H2. The van der Waals surface area contributed by atoms with Gasteiger partial charge in [0.15, 0.2) is 0 Å². The molecule has 6 aromatic rings. The summed E-state index contributed by atoms with van der Waals surface area (Å²) in [6, 6.07) is 30.3. The van der Waals surface area contributed by atoms with Crippen LogP contribution in [0.1, 0.15) is 0 Å². The van der Waals surface area contributed by atoms with E-state index in [1.165, 1.54) is 54.7 Å². The number of benzene rings is 4. The van der Waals surface area contributed by atoms with Gasteiger partial charge in [-0.1, -0.05) is 73.8 Å². The Morgan fingerprint density at radius 1 is 0.533 bits per heavy atom.